The summed E-state index contributed by atoms with van der Waals surface area (Å²) >= 11 is 5.00. The third-order valence-electron chi connectivity index (χ3n) is 4.81. The Kier molecular flexibility index (Phi) is 6.43. The second-order valence-corrected chi connectivity index (χ2v) is 8.82. The molecule has 160 valence electrons. The van der Waals surface area contributed by atoms with Crippen molar-refractivity contribution in [2.75, 3.05) is 17.8 Å². The van der Waals surface area contributed by atoms with Gasteiger partial charge in [0, 0.05) is 16.5 Å². The number of carbonyl (C=O) groups excluding carboxylic acids is 1. The molecule has 1 amide bonds. The van der Waals surface area contributed by atoms with E-state index in [2.05, 4.69) is 31.1 Å². The molecular weight excluding hydrogens is 480 g/mol. The quantitative estimate of drug-likeness (QED) is 0.442. The minimum atomic E-state index is -0.793. The third kappa shape index (κ3) is 4.12. The first kappa shape index (κ1) is 21.6. The molecule has 1 atom stereocenters. The highest BCUT2D eigenvalue weighted by Crippen LogP contribution is 2.45. The van der Waals surface area contributed by atoms with Crippen molar-refractivity contribution >= 4 is 39.3 Å². The van der Waals surface area contributed by atoms with E-state index in [1.165, 1.54) is 11.8 Å². The molecule has 0 saturated carbocycles. The Labute approximate surface area is 193 Å². The lowest BCUT2D eigenvalue weighted by Crippen LogP contribution is -2.37. The van der Waals surface area contributed by atoms with Crippen LogP contribution in [-0.4, -0.2) is 34.0 Å². The van der Waals surface area contributed by atoms with Gasteiger partial charge in [0.25, 0.3) is 0 Å². The lowest BCUT2D eigenvalue weighted by Gasteiger charge is -2.31. The van der Waals surface area contributed by atoms with Crippen molar-refractivity contribution in [2.24, 2.45) is 0 Å². The summed E-state index contributed by atoms with van der Waals surface area (Å²) in [7, 11) is 1.59. The minimum Gasteiger partial charge on any atom is -0.496 e. The Morgan fingerprint density at radius 3 is 2.77 bits per heavy atom. The number of benzene rings is 2. The molecule has 2 aromatic carbocycles. The van der Waals surface area contributed by atoms with Gasteiger partial charge >= 0.3 is 0 Å². The molecule has 0 saturated heterocycles. The van der Waals surface area contributed by atoms with Gasteiger partial charge in [0.1, 0.15) is 5.75 Å². The Balaban J connectivity index is 1.99. The van der Waals surface area contributed by atoms with E-state index in [1.807, 2.05) is 56.3 Å². The number of hydrogen-bond acceptors (Lipinski definition) is 7. The van der Waals surface area contributed by atoms with E-state index in [-0.39, 0.29) is 5.91 Å². The first-order chi connectivity index (χ1) is 15.1. The first-order valence-corrected chi connectivity index (χ1v) is 11.6. The van der Waals surface area contributed by atoms with Crippen molar-refractivity contribution < 1.29 is 14.3 Å². The van der Waals surface area contributed by atoms with Crippen LogP contribution in [0.2, 0.25) is 0 Å². The van der Waals surface area contributed by atoms with Gasteiger partial charge in [0.2, 0.25) is 23.2 Å². The molecule has 3 aromatic rings. The number of methoxy groups -OCH3 is 1. The summed E-state index contributed by atoms with van der Waals surface area (Å²) in [6.45, 7) is 3.85. The second kappa shape index (κ2) is 9.23. The number of amides is 1. The Morgan fingerprint density at radius 2 is 2.03 bits per heavy atom. The van der Waals surface area contributed by atoms with Crippen LogP contribution in [0.4, 0.5) is 5.69 Å². The molecule has 1 aliphatic heterocycles. The van der Waals surface area contributed by atoms with Gasteiger partial charge in [-0.05, 0) is 30.0 Å². The van der Waals surface area contributed by atoms with E-state index < -0.39 is 6.23 Å². The van der Waals surface area contributed by atoms with Crippen LogP contribution in [-0.2, 0) is 4.79 Å². The van der Waals surface area contributed by atoms with Crippen molar-refractivity contribution in [3.05, 3.63) is 52.5 Å². The largest absolute Gasteiger partial charge is 0.496 e. The summed E-state index contributed by atoms with van der Waals surface area (Å²) < 4.78 is 12.9. The molecule has 1 aliphatic rings. The molecule has 0 fully saturated rings. The number of ether oxygens (including phenoxy) is 2. The van der Waals surface area contributed by atoms with Gasteiger partial charge in [0.15, 0.2) is 5.69 Å². The molecule has 0 spiro atoms. The van der Waals surface area contributed by atoms with Gasteiger partial charge in [0.05, 0.1) is 18.4 Å². The predicted octanol–water partition coefficient (Wildman–Crippen LogP) is 5.26. The number of nitrogens with zero attached hydrogens (tertiary/aromatic N) is 4. The summed E-state index contributed by atoms with van der Waals surface area (Å²) in [5, 5.41) is 9.18. The zero-order chi connectivity index (χ0) is 22.0. The molecule has 31 heavy (non-hydrogen) atoms. The van der Waals surface area contributed by atoms with E-state index in [0.29, 0.717) is 40.2 Å². The fraction of sp³-hybridized carbons (Fsp3) is 0.273. The number of para-hydroxylation sites is 1. The van der Waals surface area contributed by atoms with Gasteiger partial charge in [-0.1, -0.05) is 59.7 Å². The molecule has 0 radical (unpaired) electrons. The Bertz CT molecular complexity index is 1130. The molecule has 9 heteroatoms. The van der Waals surface area contributed by atoms with Crippen molar-refractivity contribution in [1.82, 2.24) is 15.2 Å². The van der Waals surface area contributed by atoms with Crippen LogP contribution in [0, 0.1) is 0 Å². The van der Waals surface area contributed by atoms with Crippen molar-refractivity contribution in [1.29, 1.82) is 0 Å². The van der Waals surface area contributed by atoms with E-state index >= 15 is 0 Å². The van der Waals surface area contributed by atoms with Crippen LogP contribution in [0.15, 0.2) is 52.1 Å². The van der Waals surface area contributed by atoms with E-state index in [4.69, 9.17) is 9.47 Å². The Morgan fingerprint density at radius 1 is 1.23 bits per heavy atom. The number of thioether (sulfide) groups is 1. The van der Waals surface area contributed by atoms with Gasteiger partial charge in [-0.25, -0.2) is 0 Å². The van der Waals surface area contributed by atoms with Gasteiger partial charge in [-0.15, -0.1) is 10.2 Å². The van der Waals surface area contributed by atoms with Crippen LogP contribution in [0.1, 0.15) is 32.1 Å². The number of hydrogen-bond donors (Lipinski definition) is 0. The molecule has 0 unspecified atom stereocenters. The monoisotopic (exact) mass is 500 g/mol. The second-order valence-electron chi connectivity index (χ2n) is 6.67. The lowest BCUT2D eigenvalue weighted by molar-refractivity contribution is -0.120. The maximum atomic E-state index is 13.2. The zero-order valence-corrected chi connectivity index (χ0v) is 19.7. The number of fused-ring (bicyclic) bond motifs is 3. The molecule has 2 heterocycles. The van der Waals surface area contributed by atoms with Crippen LogP contribution >= 0.6 is 27.7 Å². The topological polar surface area (TPSA) is 77.4 Å². The average molecular weight is 501 g/mol. The van der Waals surface area contributed by atoms with E-state index in [1.54, 1.807) is 12.0 Å². The average Bonchev–Trinajstić information content (AvgIpc) is 2.93. The lowest BCUT2D eigenvalue weighted by atomic mass is 10.1. The number of halogens is 1. The molecule has 0 aliphatic carbocycles. The van der Waals surface area contributed by atoms with Crippen LogP contribution < -0.4 is 14.4 Å². The fourth-order valence-corrected chi connectivity index (χ4v) is 4.33. The third-order valence-corrected chi connectivity index (χ3v) is 6.03. The number of carbonyl (C=O) groups is 1. The molecule has 4 rings (SSSR count). The van der Waals surface area contributed by atoms with E-state index in [0.717, 1.165) is 15.8 Å². The maximum absolute atomic E-state index is 13.2. The highest BCUT2D eigenvalue weighted by Gasteiger charge is 2.36. The van der Waals surface area contributed by atoms with Gasteiger partial charge in [-0.2, -0.15) is 4.98 Å². The van der Waals surface area contributed by atoms with Gasteiger partial charge in [-0.3, -0.25) is 9.69 Å². The Hall–Kier alpha value is -2.65. The van der Waals surface area contributed by atoms with Crippen molar-refractivity contribution in [3.63, 3.8) is 0 Å². The number of anilines is 1. The zero-order valence-electron chi connectivity index (χ0n) is 17.3. The molecule has 0 N–H and O–H groups in total. The standard InChI is InChI=1S/C22H21BrN4O3S/c1-4-18(28)27-16-9-7-6-8-14(16)19-20(24-22(26-25-19)31-5-2)30-21(27)15-12-13(23)10-11-17(15)29-3/h6-12,21H,4-5H2,1-3H3/t21-/m0/s1. The summed E-state index contributed by atoms with van der Waals surface area (Å²) in [5.74, 6) is 1.65. The summed E-state index contributed by atoms with van der Waals surface area (Å²) in [6.07, 6.45) is -0.491. The van der Waals surface area contributed by atoms with Crippen LogP contribution in [0.5, 0.6) is 11.6 Å². The molecule has 0 bridgehead atoms. The van der Waals surface area contributed by atoms with Crippen molar-refractivity contribution in [3.8, 4) is 22.9 Å². The summed E-state index contributed by atoms with van der Waals surface area (Å²) in [4.78, 5) is 19.5. The van der Waals surface area contributed by atoms with Crippen molar-refractivity contribution in [2.45, 2.75) is 31.7 Å². The number of aromatic nitrogens is 3. The molecular formula is C22H21BrN4O3S. The first-order valence-electron chi connectivity index (χ1n) is 9.86. The summed E-state index contributed by atoms with van der Waals surface area (Å²) in [5.41, 5.74) is 2.63. The smallest absolute Gasteiger partial charge is 0.247 e. The SMILES string of the molecule is CCSc1nnc2c(n1)O[C@@H](c1cc(Br)ccc1OC)N(C(=O)CC)c1ccccc1-2. The maximum Gasteiger partial charge on any atom is 0.247 e. The van der Waals surface area contributed by atoms with Crippen LogP contribution in [0.3, 0.4) is 0 Å². The predicted molar refractivity (Wildman–Crippen MR) is 124 cm³/mol. The fourth-order valence-electron chi connectivity index (χ4n) is 3.44. The van der Waals surface area contributed by atoms with E-state index in [9.17, 15) is 4.79 Å². The highest BCUT2D eigenvalue weighted by atomic mass is 79.9. The normalized spacial score (nSPS) is 14.8. The van der Waals surface area contributed by atoms with Crippen LogP contribution in [0.25, 0.3) is 11.3 Å². The summed E-state index contributed by atoms with van der Waals surface area (Å²) in [6, 6.07) is 13.2. The minimum absolute atomic E-state index is 0.0941. The van der Waals surface area contributed by atoms with Gasteiger partial charge < -0.3 is 9.47 Å². The molecule has 1 aromatic heterocycles. The highest BCUT2D eigenvalue weighted by molar-refractivity contribution is 9.10. The molecule has 7 nitrogen and oxygen atoms in total. The number of rotatable bonds is 5.